The number of aliphatic hydroxyl groups is 1. The Hall–Kier alpha value is -4.36. The van der Waals surface area contributed by atoms with Gasteiger partial charge in [0.05, 0.1) is 55.1 Å². The number of hydrogen-bond acceptors (Lipinski definition) is 9. The molecule has 1 aliphatic heterocycles. The summed E-state index contributed by atoms with van der Waals surface area (Å²) < 4.78 is 18.8. The van der Waals surface area contributed by atoms with Crippen molar-refractivity contribution in [1.82, 2.24) is 19.6 Å². The number of fused-ring (bicyclic) bond motifs is 1. The summed E-state index contributed by atoms with van der Waals surface area (Å²) in [4.78, 5) is 11.0. The molecule has 1 saturated heterocycles. The van der Waals surface area contributed by atoms with Gasteiger partial charge in [0.2, 0.25) is 0 Å². The SMILES string of the molecule is COc1cncc(OC2CCN(c3ccc(-c4cc(OCC(C)(C)O)cn5ncc(C#N)c45)cn3)C2)c1. The second-order valence-electron chi connectivity index (χ2n) is 9.59. The molecule has 0 aromatic carbocycles. The normalized spacial score (nSPS) is 15.5. The van der Waals surface area contributed by atoms with E-state index in [1.54, 1.807) is 50.3 Å². The minimum atomic E-state index is -0.985. The standard InChI is InChI=1S/C27H28N6O4/c1-27(2,34)17-36-23-9-24(26-19(10-28)12-31-33(26)16-23)18-4-5-25(30-11-18)32-7-6-20(15-32)37-22-8-21(35-3)13-29-14-22/h4-5,8-9,11-14,16,20,34H,6-7,15,17H2,1-3H3. The van der Waals surface area contributed by atoms with Crippen molar-refractivity contribution in [3.63, 3.8) is 0 Å². The van der Waals surface area contributed by atoms with Gasteiger partial charge >= 0.3 is 0 Å². The zero-order valence-electron chi connectivity index (χ0n) is 21.0. The van der Waals surface area contributed by atoms with Crippen LogP contribution in [-0.2, 0) is 0 Å². The number of ether oxygens (including phenoxy) is 3. The molecule has 1 fully saturated rings. The van der Waals surface area contributed by atoms with E-state index in [-0.39, 0.29) is 12.7 Å². The molecule has 5 rings (SSSR count). The fourth-order valence-electron chi connectivity index (χ4n) is 4.27. The predicted molar refractivity (Wildman–Crippen MR) is 137 cm³/mol. The Bertz CT molecular complexity index is 1440. The van der Waals surface area contributed by atoms with Crippen LogP contribution in [0.15, 0.2) is 55.2 Å². The van der Waals surface area contributed by atoms with Crippen LogP contribution in [0.2, 0.25) is 0 Å². The fraction of sp³-hybridized carbons (Fsp3) is 0.333. The molecule has 0 saturated carbocycles. The van der Waals surface area contributed by atoms with Crippen molar-refractivity contribution in [1.29, 1.82) is 5.26 Å². The molecule has 0 spiro atoms. The van der Waals surface area contributed by atoms with Crippen LogP contribution in [0.4, 0.5) is 5.82 Å². The van der Waals surface area contributed by atoms with Gasteiger partial charge in [-0.2, -0.15) is 10.4 Å². The lowest BCUT2D eigenvalue weighted by Crippen LogP contribution is -2.27. The van der Waals surface area contributed by atoms with Gasteiger partial charge in [0.1, 0.15) is 41.8 Å². The molecule has 4 aromatic rings. The Kier molecular flexibility index (Phi) is 6.54. The average molecular weight is 501 g/mol. The van der Waals surface area contributed by atoms with Crippen LogP contribution >= 0.6 is 0 Å². The molecule has 0 amide bonds. The summed E-state index contributed by atoms with van der Waals surface area (Å²) in [6.07, 6.45) is 9.24. The number of nitriles is 1. The molecule has 37 heavy (non-hydrogen) atoms. The highest BCUT2D eigenvalue weighted by Gasteiger charge is 2.25. The molecule has 1 N–H and O–H groups in total. The van der Waals surface area contributed by atoms with Crippen molar-refractivity contribution in [3.05, 3.63) is 60.8 Å². The molecule has 4 aromatic heterocycles. The van der Waals surface area contributed by atoms with Crippen LogP contribution in [0.3, 0.4) is 0 Å². The zero-order valence-corrected chi connectivity index (χ0v) is 21.0. The minimum absolute atomic E-state index is 0.0181. The van der Waals surface area contributed by atoms with Gasteiger partial charge in [-0.25, -0.2) is 9.50 Å². The van der Waals surface area contributed by atoms with Crippen molar-refractivity contribution in [3.8, 4) is 34.4 Å². The van der Waals surface area contributed by atoms with Crippen LogP contribution in [0.5, 0.6) is 17.2 Å². The maximum Gasteiger partial charge on any atom is 0.141 e. The highest BCUT2D eigenvalue weighted by atomic mass is 16.5. The summed E-state index contributed by atoms with van der Waals surface area (Å²) in [5.41, 5.74) is 1.75. The van der Waals surface area contributed by atoms with E-state index in [2.05, 4.69) is 21.1 Å². The second-order valence-corrected chi connectivity index (χ2v) is 9.59. The van der Waals surface area contributed by atoms with Crippen LogP contribution in [0.1, 0.15) is 25.8 Å². The molecule has 1 atom stereocenters. The number of methoxy groups -OCH3 is 1. The van der Waals surface area contributed by atoms with Crippen molar-refractivity contribution in [2.24, 2.45) is 0 Å². The number of hydrogen-bond donors (Lipinski definition) is 1. The van der Waals surface area contributed by atoms with Crippen molar-refractivity contribution in [2.45, 2.75) is 32.0 Å². The van der Waals surface area contributed by atoms with Gasteiger partial charge in [-0.3, -0.25) is 4.98 Å². The first-order valence-electron chi connectivity index (χ1n) is 12.0. The van der Waals surface area contributed by atoms with Crippen LogP contribution < -0.4 is 19.1 Å². The summed E-state index contributed by atoms with van der Waals surface area (Å²) in [5.74, 6) is 2.72. The lowest BCUT2D eigenvalue weighted by atomic mass is 10.1. The first kappa shape index (κ1) is 24.3. The Morgan fingerprint density at radius 1 is 1.14 bits per heavy atom. The Labute approximate surface area is 214 Å². The van der Waals surface area contributed by atoms with Gasteiger partial charge in [-0.15, -0.1) is 0 Å². The monoisotopic (exact) mass is 500 g/mol. The number of anilines is 1. The molecular formula is C27H28N6O4. The van der Waals surface area contributed by atoms with E-state index in [9.17, 15) is 10.4 Å². The van der Waals surface area contributed by atoms with Crippen LogP contribution in [0.25, 0.3) is 16.6 Å². The van der Waals surface area contributed by atoms with E-state index in [4.69, 9.17) is 19.2 Å². The highest BCUT2D eigenvalue weighted by molar-refractivity contribution is 5.85. The lowest BCUT2D eigenvalue weighted by molar-refractivity contribution is 0.0283. The predicted octanol–water partition coefficient (Wildman–Crippen LogP) is 3.48. The number of nitrogens with zero attached hydrogens (tertiary/aromatic N) is 6. The molecule has 1 aliphatic rings. The number of rotatable bonds is 8. The van der Waals surface area contributed by atoms with Gasteiger partial charge in [0.25, 0.3) is 0 Å². The molecule has 0 radical (unpaired) electrons. The maximum absolute atomic E-state index is 10.1. The smallest absolute Gasteiger partial charge is 0.141 e. The molecule has 0 bridgehead atoms. The molecule has 0 aliphatic carbocycles. The molecule has 10 nitrogen and oxygen atoms in total. The highest BCUT2D eigenvalue weighted by Crippen LogP contribution is 2.32. The topological polar surface area (TPSA) is 118 Å². The Morgan fingerprint density at radius 3 is 2.70 bits per heavy atom. The Morgan fingerprint density at radius 2 is 1.97 bits per heavy atom. The average Bonchev–Trinajstić information content (AvgIpc) is 3.54. The third-order valence-corrected chi connectivity index (χ3v) is 6.05. The third-order valence-electron chi connectivity index (χ3n) is 6.05. The fourth-order valence-corrected chi connectivity index (χ4v) is 4.27. The quantitative estimate of drug-likeness (QED) is 0.388. The molecule has 1 unspecified atom stereocenters. The summed E-state index contributed by atoms with van der Waals surface area (Å²) >= 11 is 0. The van der Waals surface area contributed by atoms with E-state index in [1.807, 2.05) is 24.3 Å². The second kappa shape index (κ2) is 9.95. The summed E-state index contributed by atoms with van der Waals surface area (Å²) in [6, 6.07) is 9.83. The zero-order chi connectivity index (χ0) is 26.0. The first-order valence-corrected chi connectivity index (χ1v) is 12.0. The molecular weight excluding hydrogens is 472 g/mol. The van der Waals surface area contributed by atoms with E-state index < -0.39 is 5.60 Å². The van der Waals surface area contributed by atoms with Gasteiger partial charge in [0.15, 0.2) is 0 Å². The lowest BCUT2D eigenvalue weighted by Gasteiger charge is -2.19. The first-order chi connectivity index (χ1) is 17.8. The summed E-state index contributed by atoms with van der Waals surface area (Å²) in [7, 11) is 1.60. The summed E-state index contributed by atoms with van der Waals surface area (Å²) in [5, 5.41) is 24.0. The van der Waals surface area contributed by atoms with Gasteiger partial charge in [-0.1, -0.05) is 0 Å². The van der Waals surface area contributed by atoms with Gasteiger partial charge in [0, 0.05) is 36.4 Å². The number of aromatic nitrogens is 4. The van der Waals surface area contributed by atoms with E-state index in [0.717, 1.165) is 29.9 Å². The van der Waals surface area contributed by atoms with Crippen molar-refractivity contribution < 1.29 is 19.3 Å². The van der Waals surface area contributed by atoms with Crippen molar-refractivity contribution >= 4 is 11.3 Å². The Balaban J connectivity index is 1.36. The molecule has 190 valence electrons. The molecule has 5 heterocycles. The van der Waals surface area contributed by atoms with E-state index in [0.29, 0.717) is 34.9 Å². The van der Waals surface area contributed by atoms with E-state index in [1.165, 1.54) is 6.20 Å². The maximum atomic E-state index is 10.1. The number of pyridine rings is 3. The molecule has 10 heteroatoms. The van der Waals surface area contributed by atoms with Crippen LogP contribution in [-0.4, -0.2) is 63.2 Å². The van der Waals surface area contributed by atoms with E-state index >= 15 is 0 Å². The van der Waals surface area contributed by atoms with Gasteiger partial charge < -0.3 is 24.2 Å². The van der Waals surface area contributed by atoms with Crippen molar-refractivity contribution in [2.75, 3.05) is 31.7 Å². The summed E-state index contributed by atoms with van der Waals surface area (Å²) in [6.45, 7) is 5.00. The minimum Gasteiger partial charge on any atom is -0.495 e. The van der Waals surface area contributed by atoms with Gasteiger partial charge in [-0.05, 0) is 32.0 Å². The largest absolute Gasteiger partial charge is 0.495 e. The van der Waals surface area contributed by atoms with Crippen LogP contribution in [0, 0.1) is 11.3 Å². The third kappa shape index (κ3) is 5.42.